The normalized spacial score (nSPS) is 32.1. The lowest BCUT2D eigenvalue weighted by atomic mass is 9.70. The first-order valence-electron chi connectivity index (χ1n) is 6.34. The van der Waals surface area contributed by atoms with Gasteiger partial charge in [0.25, 0.3) is 0 Å². The molecule has 5 heteroatoms. The first-order chi connectivity index (χ1) is 8.43. The Hall–Kier alpha value is -1.23. The maximum absolute atomic E-state index is 11.4. The highest BCUT2D eigenvalue weighted by Gasteiger charge is 2.60. The molecular formula is C13H15N3OS. The van der Waals surface area contributed by atoms with Crippen molar-refractivity contribution in [2.75, 3.05) is 0 Å². The van der Waals surface area contributed by atoms with Crippen LogP contribution in [0.3, 0.4) is 0 Å². The summed E-state index contributed by atoms with van der Waals surface area (Å²) in [4.78, 5) is 19.8. The van der Waals surface area contributed by atoms with E-state index >= 15 is 0 Å². The third-order valence-electron chi connectivity index (χ3n) is 5.43. The third-order valence-corrected chi connectivity index (χ3v) is 6.14. The van der Waals surface area contributed by atoms with Gasteiger partial charge in [-0.1, -0.05) is 20.8 Å². The lowest BCUT2D eigenvalue weighted by Gasteiger charge is -2.34. The Morgan fingerprint density at radius 2 is 2.17 bits per heavy atom. The minimum atomic E-state index is -0.164. The molecule has 2 bridgehead atoms. The molecule has 2 aliphatic rings. The lowest BCUT2D eigenvalue weighted by Crippen LogP contribution is -2.32. The molecular weight excluding hydrogens is 246 g/mol. The Morgan fingerprint density at radius 1 is 1.39 bits per heavy atom. The van der Waals surface area contributed by atoms with E-state index in [1.807, 2.05) is 3.79 Å². The van der Waals surface area contributed by atoms with E-state index in [0.717, 1.165) is 11.5 Å². The van der Waals surface area contributed by atoms with E-state index in [0.29, 0.717) is 11.7 Å². The van der Waals surface area contributed by atoms with E-state index in [2.05, 4.69) is 36.9 Å². The Morgan fingerprint density at radius 3 is 2.94 bits per heavy atom. The van der Waals surface area contributed by atoms with Crippen molar-refractivity contribution in [1.82, 2.24) is 13.8 Å². The van der Waals surface area contributed by atoms with Crippen LogP contribution in [0.25, 0.3) is 5.78 Å². The standard InChI is InChI=1S/C13H15N3OS/c1-12(2)8-4-5-13(12,3)9-7(8)6-16-10(14-9)15-11(17)18-16/h6,8H,4-5H2,1-3H3/t8-,13+/m1/s1. The number of rotatable bonds is 0. The van der Waals surface area contributed by atoms with E-state index in [1.54, 1.807) is 0 Å². The highest BCUT2D eigenvalue weighted by molar-refractivity contribution is 7.03. The van der Waals surface area contributed by atoms with E-state index in [9.17, 15) is 4.79 Å². The van der Waals surface area contributed by atoms with Crippen LogP contribution in [0.1, 0.15) is 50.8 Å². The maximum atomic E-state index is 11.4. The minimum Gasteiger partial charge on any atom is -0.253 e. The molecule has 0 aromatic carbocycles. The van der Waals surface area contributed by atoms with E-state index in [-0.39, 0.29) is 15.7 Å². The second-order valence-electron chi connectivity index (χ2n) is 6.28. The molecule has 2 aromatic rings. The van der Waals surface area contributed by atoms with Crippen molar-refractivity contribution in [3.8, 4) is 0 Å². The van der Waals surface area contributed by atoms with Crippen LogP contribution in [0.5, 0.6) is 0 Å². The van der Waals surface area contributed by atoms with Gasteiger partial charge in [0, 0.05) is 23.1 Å². The van der Waals surface area contributed by atoms with Crippen molar-refractivity contribution in [2.45, 2.75) is 44.9 Å². The third kappa shape index (κ3) is 0.969. The van der Waals surface area contributed by atoms with Crippen molar-refractivity contribution in [1.29, 1.82) is 0 Å². The number of aromatic nitrogens is 3. The molecule has 0 unspecified atom stereocenters. The summed E-state index contributed by atoms with van der Waals surface area (Å²) in [6.45, 7) is 7.00. The molecule has 0 aliphatic heterocycles. The van der Waals surface area contributed by atoms with Crippen molar-refractivity contribution >= 4 is 17.3 Å². The Labute approximate surface area is 109 Å². The summed E-state index contributed by atoms with van der Waals surface area (Å²) in [6, 6.07) is 0. The smallest absolute Gasteiger partial charge is 0.253 e. The Balaban J connectivity index is 2.10. The molecule has 0 spiro atoms. The van der Waals surface area contributed by atoms with E-state index in [1.165, 1.54) is 24.1 Å². The predicted octanol–water partition coefficient (Wildman–Crippen LogP) is 2.33. The molecule has 2 aliphatic carbocycles. The van der Waals surface area contributed by atoms with Crippen LogP contribution in [0.15, 0.2) is 11.0 Å². The van der Waals surface area contributed by atoms with Crippen molar-refractivity contribution < 1.29 is 0 Å². The summed E-state index contributed by atoms with van der Waals surface area (Å²) < 4.78 is 1.82. The molecule has 2 aromatic heterocycles. The van der Waals surface area contributed by atoms with Gasteiger partial charge in [0.05, 0.1) is 5.69 Å². The maximum Gasteiger partial charge on any atom is 0.346 e. The zero-order chi connectivity index (χ0) is 12.7. The summed E-state index contributed by atoms with van der Waals surface area (Å²) in [7, 11) is 0. The molecule has 1 saturated carbocycles. The van der Waals surface area contributed by atoms with Crippen LogP contribution in [0.4, 0.5) is 0 Å². The second-order valence-corrected chi connectivity index (χ2v) is 7.21. The average molecular weight is 261 g/mol. The monoisotopic (exact) mass is 261 g/mol. The minimum absolute atomic E-state index is 0.133. The van der Waals surface area contributed by atoms with Crippen molar-refractivity contribution in [3.63, 3.8) is 0 Å². The fourth-order valence-electron chi connectivity index (χ4n) is 3.95. The number of hydrogen-bond acceptors (Lipinski definition) is 4. The first-order valence-corrected chi connectivity index (χ1v) is 7.12. The van der Waals surface area contributed by atoms with E-state index in [4.69, 9.17) is 0 Å². The van der Waals surface area contributed by atoms with Gasteiger partial charge >= 0.3 is 4.87 Å². The molecule has 0 saturated heterocycles. The zero-order valence-electron chi connectivity index (χ0n) is 10.7. The Bertz CT molecular complexity index is 729. The lowest BCUT2D eigenvalue weighted by molar-refractivity contribution is 0.227. The van der Waals surface area contributed by atoms with Gasteiger partial charge in [0.1, 0.15) is 0 Å². The SMILES string of the molecule is CC1(C)[C@@H]2CC[C@@]1(C)c1nc3nc(=O)sn3cc12. The fourth-order valence-corrected chi connectivity index (χ4v) is 4.57. The van der Waals surface area contributed by atoms with Crippen LogP contribution in [0.2, 0.25) is 0 Å². The van der Waals surface area contributed by atoms with Crippen molar-refractivity contribution in [3.05, 3.63) is 27.1 Å². The molecule has 0 N–H and O–H groups in total. The van der Waals surface area contributed by atoms with Gasteiger partial charge in [-0.2, -0.15) is 4.98 Å². The van der Waals surface area contributed by atoms with Gasteiger partial charge in [0.15, 0.2) is 0 Å². The molecule has 18 heavy (non-hydrogen) atoms. The van der Waals surface area contributed by atoms with Gasteiger partial charge in [-0.3, -0.25) is 4.79 Å². The van der Waals surface area contributed by atoms with Gasteiger partial charge in [-0.05, 0) is 29.7 Å². The predicted molar refractivity (Wildman–Crippen MR) is 70.2 cm³/mol. The molecule has 94 valence electrons. The quantitative estimate of drug-likeness (QED) is 0.731. The molecule has 0 radical (unpaired) electrons. The summed E-state index contributed by atoms with van der Waals surface area (Å²) >= 11 is 1.13. The summed E-state index contributed by atoms with van der Waals surface area (Å²) in [5, 5.41) is 0. The van der Waals surface area contributed by atoms with Gasteiger partial charge in [-0.25, -0.2) is 8.77 Å². The Kier molecular flexibility index (Phi) is 1.69. The van der Waals surface area contributed by atoms with E-state index < -0.39 is 0 Å². The molecule has 2 heterocycles. The average Bonchev–Trinajstić information content (AvgIpc) is 2.80. The van der Waals surface area contributed by atoms with Crippen molar-refractivity contribution in [2.24, 2.45) is 5.41 Å². The van der Waals surface area contributed by atoms with Gasteiger partial charge in [0.2, 0.25) is 5.78 Å². The topological polar surface area (TPSA) is 47.3 Å². The summed E-state index contributed by atoms with van der Waals surface area (Å²) in [5.41, 5.74) is 2.89. The number of nitrogens with zero attached hydrogens (tertiary/aromatic N) is 3. The number of hydrogen-bond donors (Lipinski definition) is 0. The zero-order valence-corrected chi connectivity index (χ0v) is 11.5. The van der Waals surface area contributed by atoms with Crippen LogP contribution in [-0.4, -0.2) is 13.8 Å². The second kappa shape index (κ2) is 2.85. The summed E-state index contributed by atoms with van der Waals surface area (Å²) in [5.74, 6) is 1.13. The largest absolute Gasteiger partial charge is 0.346 e. The van der Waals surface area contributed by atoms with Crippen LogP contribution in [0, 0.1) is 5.41 Å². The number of fused-ring (bicyclic) bond motifs is 6. The van der Waals surface area contributed by atoms with Gasteiger partial charge < -0.3 is 0 Å². The molecule has 2 atom stereocenters. The molecule has 0 amide bonds. The van der Waals surface area contributed by atoms with Crippen LogP contribution in [-0.2, 0) is 5.41 Å². The first kappa shape index (κ1) is 10.7. The molecule has 4 rings (SSSR count). The van der Waals surface area contributed by atoms with Crippen LogP contribution >= 0.6 is 11.5 Å². The summed E-state index contributed by atoms with van der Waals surface area (Å²) in [6.07, 6.45) is 4.51. The highest BCUT2D eigenvalue weighted by atomic mass is 32.1. The molecule has 4 nitrogen and oxygen atoms in total. The fraction of sp³-hybridized carbons (Fsp3) is 0.615. The molecule has 1 fully saturated rings. The highest BCUT2D eigenvalue weighted by Crippen LogP contribution is 2.66. The van der Waals surface area contributed by atoms with Crippen LogP contribution < -0.4 is 4.87 Å². The van der Waals surface area contributed by atoms with Gasteiger partial charge in [-0.15, -0.1) is 0 Å².